The molecule has 3 heteroatoms. The first-order chi connectivity index (χ1) is 7.43. The Morgan fingerprint density at radius 1 is 1.38 bits per heavy atom. The van der Waals surface area contributed by atoms with Gasteiger partial charge in [-0.15, -0.1) is 0 Å². The number of rotatable bonds is 8. The topological polar surface area (TPSA) is 45.0 Å². The zero-order valence-corrected chi connectivity index (χ0v) is 11.3. The Morgan fingerprint density at radius 3 is 2.44 bits per heavy atom. The maximum Gasteiger partial charge on any atom is 0.104 e. The Labute approximate surface area is 100 Å². The van der Waals surface area contributed by atoms with E-state index in [2.05, 4.69) is 39.1 Å². The largest absolute Gasteiger partial charge is 0.379 e. The second-order valence-electron chi connectivity index (χ2n) is 4.94. The van der Waals surface area contributed by atoms with Crippen LogP contribution in [0.5, 0.6) is 0 Å². The summed E-state index contributed by atoms with van der Waals surface area (Å²) in [6.45, 7) is 11.0. The second kappa shape index (κ2) is 7.65. The molecule has 0 rings (SSSR count). The van der Waals surface area contributed by atoms with Crippen molar-refractivity contribution in [1.82, 2.24) is 5.32 Å². The van der Waals surface area contributed by atoms with Crippen molar-refractivity contribution in [2.45, 2.75) is 71.6 Å². The van der Waals surface area contributed by atoms with Gasteiger partial charge in [-0.05, 0) is 47.0 Å². The van der Waals surface area contributed by atoms with Crippen molar-refractivity contribution >= 4 is 0 Å². The predicted molar refractivity (Wildman–Crippen MR) is 67.2 cm³/mol. The van der Waals surface area contributed by atoms with Gasteiger partial charge in [0.05, 0.1) is 12.2 Å². The van der Waals surface area contributed by atoms with Crippen LogP contribution in [0, 0.1) is 11.3 Å². The van der Waals surface area contributed by atoms with Crippen LogP contribution >= 0.6 is 0 Å². The van der Waals surface area contributed by atoms with Crippen LogP contribution < -0.4 is 5.32 Å². The molecule has 0 aliphatic rings. The molecule has 0 bridgehead atoms. The van der Waals surface area contributed by atoms with Gasteiger partial charge < -0.3 is 4.74 Å². The van der Waals surface area contributed by atoms with Crippen molar-refractivity contribution in [2.24, 2.45) is 0 Å². The Hall–Kier alpha value is -0.590. The third-order valence-electron chi connectivity index (χ3n) is 2.65. The third kappa shape index (κ3) is 6.81. The monoisotopic (exact) mass is 226 g/mol. The minimum Gasteiger partial charge on any atom is -0.379 e. The van der Waals surface area contributed by atoms with E-state index in [0.717, 1.165) is 25.9 Å². The Balaban J connectivity index is 3.84. The molecule has 0 saturated heterocycles. The number of nitrogens with one attached hydrogen (secondary N) is 1. The fourth-order valence-electron chi connectivity index (χ4n) is 1.63. The van der Waals surface area contributed by atoms with Crippen LogP contribution in [0.1, 0.15) is 53.9 Å². The van der Waals surface area contributed by atoms with Crippen LogP contribution in [-0.2, 0) is 4.74 Å². The van der Waals surface area contributed by atoms with Crippen LogP contribution in [0.3, 0.4) is 0 Å². The zero-order chi connectivity index (χ0) is 12.6. The highest BCUT2D eigenvalue weighted by molar-refractivity contribution is 5.04. The van der Waals surface area contributed by atoms with Crippen LogP contribution in [0.4, 0.5) is 0 Å². The minimum absolute atomic E-state index is 0.325. The lowest BCUT2D eigenvalue weighted by atomic mass is 9.97. The van der Waals surface area contributed by atoms with Gasteiger partial charge in [-0.3, -0.25) is 5.32 Å². The molecule has 2 atom stereocenters. The average molecular weight is 226 g/mol. The molecule has 0 aromatic rings. The summed E-state index contributed by atoms with van der Waals surface area (Å²) < 4.78 is 5.60. The molecule has 0 fully saturated rings. The molecule has 0 aliphatic heterocycles. The summed E-state index contributed by atoms with van der Waals surface area (Å²) in [6, 6.07) is 2.68. The van der Waals surface area contributed by atoms with Gasteiger partial charge in [-0.1, -0.05) is 6.92 Å². The third-order valence-corrected chi connectivity index (χ3v) is 2.65. The van der Waals surface area contributed by atoms with Crippen LogP contribution in [0.25, 0.3) is 0 Å². The molecule has 3 nitrogen and oxygen atoms in total. The van der Waals surface area contributed by atoms with Crippen molar-refractivity contribution in [3.05, 3.63) is 0 Å². The molecule has 0 amide bonds. The molecule has 0 saturated carbocycles. The summed E-state index contributed by atoms with van der Waals surface area (Å²) in [4.78, 5) is 0. The number of hydrogen-bond donors (Lipinski definition) is 1. The van der Waals surface area contributed by atoms with Gasteiger partial charge in [-0.25, -0.2) is 0 Å². The Kier molecular flexibility index (Phi) is 7.36. The summed E-state index contributed by atoms with van der Waals surface area (Å²) in [5.74, 6) is 0. The summed E-state index contributed by atoms with van der Waals surface area (Å²) in [6.07, 6.45) is 3.12. The van der Waals surface area contributed by atoms with Crippen LogP contribution in [0.2, 0.25) is 0 Å². The van der Waals surface area contributed by atoms with Gasteiger partial charge in [0, 0.05) is 12.6 Å². The molecular formula is C13H26N2O. The smallest absolute Gasteiger partial charge is 0.104 e. The van der Waals surface area contributed by atoms with Gasteiger partial charge in [0.25, 0.3) is 0 Å². The van der Waals surface area contributed by atoms with Gasteiger partial charge >= 0.3 is 0 Å². The van der Waals surface area contributed by atoms with E-state index in [-0.39, 0.29) is 0 Å². The Morgan fingerprint density at radius 2 is 2.00 bits per heavy atom. The van der Waals surface area contributed by atoms with Crippen molar-refractivity contribution < 1.29 is 4.74 Å². The highest BCUT2D eigenvalue weighted by atomic mass is 16.5. The summed E-state index contributed by atoms with van der Waals surface area (Å²) in [7, 11) is 0. The van der Waals surface area contributed by atoms with E-state index in [0.29, 0.717) is 12.1 Å². The summed E-state index contributed by atoms with van der Waals surface area (Å²) >= 11 is 0. The van der Waals surface area contributed by atoms with E-state index >= 15 is 0 Å². The molecule has 2 unspecified atom stereocenters. The normalized spacial score (nSPS) is 16.8. The molecule has 0 spiro atoms. The molecule has 0 aromatic heterocycles. The maximum absolute atomic E-state index is 9.14. The fraction of sp³-hybridized carbons (Fsp3) is 0.923. The van der Waals surface area contributed by atoms with Crippen LogP contribution in [-0.4, -0.2) is 24.3 Å². The van der Waals surface area contributed by atoms with Crippen molar-refractivity contribution in [2.75, 3.05) is 6.61 Å². The first kappa shape index (κ1) is 15.4. The minimum atomic E-state index is -0.424. The van der Waals surface area contributed by atoms with E-state index in [1.165, 1.54) is 0 Å². The number of nitriles is 1. The summed E-state index contributed by atoms with van der Waals surface area (Å²) in [5.41, 5.74) is -0.424. The van der Waals surface area contributed by atoms with E-state index in [9.17, 15) is 0 Å². The van der Waals surface area contributed by atoms with E-state index in [1.807, 2.05) is 6.92 Å². The first-order valence-corrected chi connectivity index (χ1v) is 6.24. The first-order valence-electron chi connectivity index (χ1n) is 6.24. The van der Waals surface area contributed by atoms with Crippen LogP contribution in [0.15, 0.2) is 0 Å². The van der Waals surface area contributed by atoms with E-state index in [1.54, 1.807) is 0 Å². The summed E-state index contributed by atoms with van der Waals surface area (Å²) in [5, 5.41) is 12.4. The van der Waals surface area contributed by atoms with Crippen molar-refractivity contribution in [3.8, 4) is 6.07 Å². The zero-order valence-electron chi connectivity index (χ0n) is 11.3. The van der Waals surface area contributed by atoms with Gasteiger partial charge in [-0.2, -0.15) is 5.26 Å². The van der Waals surface area contributed by atoms with Gasteiger partial charge in [0.15, 0.2) is 0 Å². The maximum atomic E-state index is 9.14. The lowest BCUT2D eigenvalue weighted by Crippen LogP contribution is -2.45. The molecule has 1 N–H and O–H groups in total. The molecule has 94 valence electrons. The quantitative estimate of drug-likeness (QED) is 0.647. The van der Waals surface area contributed by atoms with E-state index < -0.39 is 5.54 Å². The van der Waals surface area contributed by atoms with Crippen molar-refractivity contribution in [1.29, 1.82) is 5.26 Å². The molecule has 0 aliphatic carbocycles. The molecular weight excluding hydrogens is 200 g/mol. The van der Waals surface area contributed by atoms with E-state index in [4.69, 9.17) is 10.00 Å². The number of hydrogen-bond acceptors (Lipinski definition) is 3. The lowest BCUT2D eigenvalue weighted by molar-refractivity contribution is 0.0585. The number of nitrogens with zero attached hydrogens (tertiary/aromatic N) is 1. The molecule has 0 radical (unpaired) electrons. The molecule has 0 heterocycles. The fourth-order valence-corrected chi connectivity index (χ4v) is 1.63. The van der Waals surface area contributed by atoms with Crippen molar-refractivity contribution in [3.63, 3.8) is 0 Å². The average Bonchev–Trinajstić information content (AvgIpc) is 2.23. The lowest BCUT2D eigenvalue weighted by Gasteiger charge is -2.26. The predicted octanol–water partition coefficient (Wildman–Crippen LogP) is 2.86. The van der Waals surface area contributed by atoms with Gasteiger partial charge in [0.2, 0.25) is 0 Å². The number of ether oxygens (including phenoxy) is 1. The molecule has 0 aromatic carbocycles. The highest BCUT2D eigenvalue weighted by Gasteiger charge is 2.23. The SMILES string of the molecule is CCC(C)OCCCC(C)(C#N)NC(C)C. The highest BCUT2D eigenvalue weighted by Crippen LogP contribution is 2.13. The standard InChI is InChI=1S/C13H26N2O/c1-6-12(4)16-9-7-8-13(5,10-14)15-11(2)3/h11-12,15H,6-9H2,1-5H3. The second-order valence-corrected chi connectivity index (χ2v) is 4.94. The Bertz CT molecular complexity index is 222. The molecule has 16 heavy (non-hydrogen) atoms. The van der Waals surface area contributed by atoms with Gasteiger partial charge in [0.1, 0.15) is 5.54 Å².